The van der Waals surface area contributed by atoms with E-state index in [-0.39, 0.29) is 5.91 Å². The van der Waals surface area contributed by atoms with E-state index in [1.807, 2.05) is 17.9 Å². The van der Waals surface area contributed by atoms with Crippen molar-refractivity contribution in [2.24, 2.45) is 0 Å². The van der Waals surface area contributed by atoms with Crippen LogP contribution < -0.4 is 20.4 Å². The van der Waals surface area contributed by atoms with Crippen molar-refractivity contribution in [2.75, 3.05) is 60.2 Å². The highest BCUT2D eigenvalue weighted by Crippen LogP contribution is 2.40. The summed E-state index contributed by atoms with van der Waals surface area (Å²) in [6, 6.07) is 2.02. The number of carbonyl (C=O) groups is 1. The number of H-pyrrole nitrogens is 1. The highest BCUT2D eigenvalue weighted by molar-refractivity contribution is 5.99. The van der Waals surface area contributed by atoms with Crippen LogP contribution in [0.5, 0.6) is 0 Å². The molecule has 2 saturated heterocycles. The summed E-state index contributed by atoms with van der Waals surface area (Å²) in [7, 11) is 2.12. The molecule has 194 valence electrons. The molecule has 0 radical (unpaired) electrons. The SMILES string of the molecule is CN1CCN(c2nc(Nc3cc(C4CC4)n[nH]3)nc(N3CCCC3(C)C(=O)Nc3cnccn3)n2)CC1. The van der Waals surface area contributed by atoms with E-state index in [1.54, 1.807) is 12.4 Å². The molecule has 1 aliphatic carbocycles. The number of amides is 1. The van der Waals surface area contributed by atoms with Gasteiger partial charge in [-0.15, -0.1) is 0 Å². The molecule has 3 aromatic heterocycles. The first-order valence-electron chi connectivity index (χ1n) is 12.8. The van der Waals surface area contributed by atoms with Crippen LogP contribution in [0.2, 0.25) is 0 Å². The molecule has 0 aromatic carbocycles. The second-order valence-corrected chi connectivity index (χ2v) is 10.2. The predicted octanol–water partition coefficient (Wildman–Crippen LogP) is 1.76. The largest absolute Gasteiger partial charge is 0.338 e. The fourth-order valence-corrected chi connectivity index (χ4v) is 4.92. The molecule has 0 spiro atoms. The third-order valence-electron chi connectivity index (χ3n) is 7.41. The smallest absolute Gasteiger partial charge is 0.251 e. The number of aromatic nitrogens is 7. The predicted molar refractivity (Wildman–Crippen MR) is 139 cm³/mol. The summed E-state index contributed by atoms with van der Waals surface area (Å²) in [6.45, 7) is 6.08. The number of rotatable bonds is 7. The van der Waals surface area contributed by atoms with Gasteiger partial charge in [0.15, 0.2) is 5.82 Å². The molecule has 1 atom stereocenters. The van der Waals surface area contributed by atoms with Crippen molar-refractivity contribution < 1.29 is 4.79 Å². The molecule has 3 fully saturated rings. The molecular formula is C24H32N12O. The van der Waals surface area contributed by atoms with E-state index < -0.39 is 5.54 Å². The minimum atomic E-state index is -0.845. The Morgan fingerprint density at radius 2 is 1.89 bits per heavy atom. The van der Waals surface area contributed by atoms with Crippen LogP contribution >= 0.6 is 0 Å². The second kappa shape index (κ2) is 9.54. The first kappa shape index (κ1) is 23.5. The topological polar surface area (TPSA) is 144 Å². The summed E-state index contributed by atoms with van der Waals surface area (Å²) in [4.78, 5) is 42.5. The maximum absolute atomic E-state index is 13.5. The molecule has 0 bridgehead atoms. The molecule has 1 amide bonds. The van der Waals surface area contributed by atoms with Crippen molar-refractivity contribution in [3.05, 3.63) is 30.4 Å². The zero-order valence-corrected chi connectivity index (χ0v) is 21.2. The lowest BCUT2D eigenvalue weighted by Gasteiger charge is -2.35. The van der Waals surface area contributed by atoms with Gasteiger partial charge in [-0.05, 0) is 39.7 Å². The van der Waals surface area contributed by atoms with Crippen LogP contribution in [0, 0.1) is 0 Å². The van der Waals surface area contributed by atoms with Crippen molar-refractivity contribution in [1.82, 2.24) is 40.0 Å². The van der Waals surface area contributed by atoms with E-state index in [2.05, 4.69) is 47.6 Å². The van der Waals surface area contributed by atoms with E-state index in [0.29, 0.717) is 42.5 Å². The number of likely N-dealkylation sites (N-methyl/N-ethyl adjacent to an activating group) is 1. The van der Waals surface area contributed by atoms with Gasteiger partial charge in [-0.2, -0.15) is 20.1 Å². The standard InChI is InChI=1S/C24H32N12O/c1-24(20(37)27-19-15-25-7-8-26-19)6-3-9-36(24)23-30-21(28-18-14-17(32-33-18)16-4-5-16)29-22(31-23)35-12-10-34(2)11-13-35/h7-8,14-16H,3-6,9-13H2,1-2H3,(H,26,27,37)(H2,28,29,30,31,32,33). The van der Waals surface area contributed by atoms with Crippen molar-refractivity contribution in [1.29, 1.82) is 0 Å². The first-order chi connectivity index (χ1) is 18.0. The number of nitrogens with zero attached hydrogens (tertiary/aromatic N) is 9. The number of hydrogen-bond donors (Lipinski definition) is 3. The van der Waals surface area contributed by atoms with Gasteiger partial charge in [-0.25, -0.2) is 4.98 Å². The maximum Gasteiger partial charge on any atom is 0.251 e. The number of anilines is 5. The van der Waals surface area contributed by atoms with Crippen LogP contribution in [0.4, 0.5) is 29.5 Å². The first-order valence-corrected chi connectivity index (χ1v) is 12.8. The van der Waals surface area contributed by atoms with Gasteiger partial charge in [-0.1, -0.05) is 0 Å². The van der Waals surface area contributed by atoms with Crippen molar-refractivity contribution >= 4 is 35.4 Å². The monoisotopic (exact) mass is 504 g/mol. The molecule has 37 heavy (non-hydrogen) atoms. The van der Waals surface area contributed by atoms with Crippen molar-refractivity contribution in [3.8, 4) is 0 Å². The summed E-state index contributed by atoms with van der Waals surface area (Å²) in [6.07, 6.45) is 8.54. The molecule has 2 aliphatic heterocycles. The van der Waals surface area contributed by atoms with E-state index in [9.17, 15) is 4.79 Å². The molecule has 13 heteroatoms. The molecule has 3 aliphatic rings. The molecule has 1 unspecified atom stereocenters. The Morgan fingerprint density at radius 3 is 2.65 bits per heavy atom. The van der Waals surface area contributed by atoms with Crippen LogP contribution in [0.15, 0.2) is 24.7 Å². The number of hydrogen-bond acceptors (Lipinski definition) is 11. The van der Waals surface area contributed by atoms with Gasteiger partial charge < -0.3 is 25.3 Å². The van der Waals surface area contributed by atoms with Crippen molar-refractivity contribution in [2.45, 2.75) is 44.1 Å². The summed E-state index contributed by atoms with van der Waals surface area (Å²) >= 11 is 0. The van der Waals surface area contributed by atoms with E-state index in [0.717, 1.165) is 44.1 Å². The average molecular weight is 505 g/mol. The Bertz CT molecular complexity index is 1250. The van der Waals surface area contributed by atoms with Gasteiger partial charge in [0.25, 0.3) is 5.91 Å². The number of nitrogens with one attached hydrogen (secondary N) is 3. The molecule has 3 N–H and O–H groups in total. The fourth-order valence-electron chi connectivity index (χ4n) is 4.92. The molecule has 5 heterocycles. The number of aromatic amines is 1. The molecule has 6 rings (SSSR count). The Morgan fingerprint density at radius 1 is 1.08 bits per heavy atom. The van der Waals surface area contributed by atoms with Gasteiger partial charge in [0.2, 0.25) is 17.8 Å². The lowest BCUT2D eigenvalue weighted by molar-refractivity contribution is -0.120. The lowest BCUT2D eigenvalue weighted by Crippen LogP contribution is -2.52. The van der Waals surface area contributed by atoms with E-state index in [1.165, 1.54) is 19.0 Å². The number of carbonyl (C=O) groups excluding carboxylic acids is 1. The lowest BCUT2D eigenvalue weighted by atomic mass is 9.98. The summed E-state index contributed by atoms with van der Waals surface area (Å²) in [5, 5.41) is 13.7. The maximum atomic E-state index is 13.5. The summed E-state index contributed by atoms with van der Waals surface area (Å²) < 4.78 is 0. The highest BCUT2D eigenvalue weighted by Gasteiger charge is 2.45. The zero-order chi connectivity index (χ0) is 25.4. The van der Waals surface area contributed by atoms with Crippen LogP contribution in [0.3, 0.4) is 0 Å². The van der Waals surface area contributed by atoms with E-state index in [4.69, 9.17) is 15.0 Å². The van der Waals surface area contributed by atoms with Gasteiger partial charge in [0.05, 0.1) is 11.9 Å². The van der Waals surface area contributed by atoms with Gasteiger partial charge in [-0.3, -0.25) is 14.9 Å². The van der Waals surface area contributed by atoms with Gasteiger partial charge in [0.1, 0.15) is 11.4 Å². The van der Waals surface area contributed by atoms with Crippen LogP contribution in [0.25, 0.3) is 0 Å². The summed E-state index contributed by atoms with van der Waals surface area (Å²) in [5.74, 6) is 3.04. The minimum Gasteiger partial charge on any atom is -0.338 e. The Kier molecular flexibility index (Phi) is 6.07. The Labute approximate surface area is 215 Å². The normalized spacial score (nSPS) is 22.3. The quantitative estimate of drug-likeness (QED) is 0.433. The van der Waals surface area contributed by atoms with Crippen LogP contribution in [-0.4, -0.2) is 91.2 Å². The van der Waals surface area contributed by atoms with Crippen LogP contribution in [0.1, 0.15) is 44.2 Å². The van der Waals surface area contributed by atoms with E-state index >= 15 is 0 Å². The van der Waals surface area contributed by atoms with Crippen molar-refractivity contribution in [3.63, 3.8) is 0 Å². The number of piperazine rings is 1. The fraction of sp³-hybridized carbons (Fsp3) is 0.542. The molecule has 13 nitrogen and oxygen atoms in total. The third-order valence-corrected chi connectivity index (χ3v) is 7.41. The van der Waals surface area contributed by atoms with Gasteiger partial charge >= 0.3 is 0 Å². The summed E-state index contributed by atoms with van der Waals surface area (Å²) in [5.41, 5.74) is 0.215. The zero-order valence-electron chi connectivity index (χ0n) is 21.2. The molecule has 1 saturated carbocycles. The molecular weight excluding hydrogens is 472 g/mol. The van der Waals surface area contributed by atoms with Crippen LogP contribution in [-0.2, 0) is 4.79 Å². The third kappa shape index (κ3) is 4.90. The average Bonchev–Trinajstić information content (AvgIpc) is 3.52. The molecule has 3 aromatic rings. The highest BCUT2D eigenvalue weighted by atomic mass is 16.2. The minimum absolute atomic E-state index is 0.163. The van der Waals surface area contributed by atoms with Gasteiger partial charge in [0, 0.05) is 57.1 Å². The second-order valence-electron chi connectivity index (χ2n) is 10.2. The Hall–Kier alpha value is -3.87. The Balaban J connectivity index is 1.31.